The Morgan fingerprint density at radius 1 is 1.07 bits per heavy atom. The number of amides is 1. The molecule has 0 N–H and O–H groups in total. The lowest BCUT2D eigenvalue weighted by atomic mass is 10.2. The topological polar surface area (TPSA) is 51.0 Å². The van der Waals surface area contributed by atoms with Gasteiger partial charge in [0.05, 0.1) is 22.5 Å². The zero-order chi connectivity index (χ0) is 19.7. The van der Waals surface area contributed by atoms with E-state index in [0.717, 1.165) is 32.3 Å². The Bertz CT molecular complexity index is 1130. The number of hydrogen-bond acceptors (Lipinski definition) is 4. The fourth-order valence-electron chi connectivity index (χ4n) is 3.21. The van der Waals surface area contributed by atoms with Gasteiger partial charge in [-0.25, -0.2) is 4.98 Å². The van der Waals surface area contributed by atoms with E-state index in [9.17, 15) is 4.79 Å². The number of rotatable bonds is 5. The van der Waals surface area contributed by atoms with E-state index in [1.807, 2.05) is 62.4 Å². The molecule has 0 aliphatic rings. The van der Waals surface area contributed by atoms with Crippen molar-refractivity contribution in [3.8, 4) is 0 Å². The maximum absolute atomic E-state index is 13.3. The van der Waals surface area contributed by atoms with Crippen LogP contribution in [0, 0.1) is 20.8 Å². The van der Waals surface area contributed by atoms with Crippen LogP contribution in [0.1, 0.15) is 22.5 Å². The Kier molecular flexibility index (Phi) is 4.96. The van der Waals surface area contributed by atoms with Crippen molar-refractivity contribution in [3.05, 3.63) is 77.1 Å². The summed E-state index contributed by atoms with van der Waals surface area (Å²) < 4.78 is 2.85. The molecular formula is C22H22N4OS. The summed E-state index contributed by atoms with van der Waals surface area (Å²) in [5.74, 6) is -0.0224. The lowest BCUT2D eigenvalue weighted by Crippen LogP contribution is -2.34. The predicted octanol–water partition coefficient (Wildman–Crippen LogP) is 4.65. The zero-order valence-electron chi connectivity index (χ0n) is 16.2. The Morgan fingerprint density at radius 2 is 1.86 bits per heavy atom. The van der Waals surface area contributed by atoms with Crippen LogP contribution in [-0.4, -0.2) is 20.7 Å². The third-order valence-corrected chi connectivity index (χ3v) is 5.68. The number of aryl methyl sites for hydroxylation is 3. The first-order valence-electron chi connectivity index (χ1n) is 9.22. The monoisotopic (exact) mass is 390 g/mol. The number of anilines is 1. The molecule has 2 aromatic heterocycles. The van der Waals surface area contributed by atoms with Gasteiger partial charge >= 0.3 is 0 Å². The molecule has 0 unspecified atom stereocenters. The largest absolute Gasteiger partial charge is 0.282 e. The fraction of sp³-hybridized carbons (Fsp3) is 0.227. The lowest BCUT2D eigenvalue weighted by molar-refractivity contribution is -0.119. The van der Waals surface area contributed by atoms with E-state index in [0.29, 0.717) is 6.54 Å². The van der Waals surface area contributed by atoms with Gasteiger partial charge < -0.3 is 0 Å². The van der Waals surface area contributed by atoms with Crippen molar-refractivity contribution in [2.45, 2.75) is 33.9 Å². The first kappa shape index (κ1) is 18.4. The molecule has 2 heterocycles. The molecule has 142 valence electrons. The van der Waals surface area contributed by atoms with Gasteiger partial charge in [-0.1, -0.05) is 47.7 Å². The number of aromatic nitrogens is 3. The maximum atomic E-state index is 13.3. The molecule has 0 bridgehead atoms. The molecule has 0 spiro atoms. The molecule has 2 aromatic carbocycles. The van der Waals surface area contributed by atoms with Crippen LogP contribution in [0.2, 0.25) is 0 Å². The van der Waals surface area contributed by atoms with E-state index in [-0.39, 0.29) is 12.5 Å². The first-order chi connectivity index (χ1) is 13.5. The standard InChI is InChI=1S/C22H22N4OS/c1-15-9-10-19-20(11-15)28-22(23-19)25(13-18-7-5-4-6-8-18)21(27)14-26-17(3)12-16(2)24-26/h4-12H,13-14H2,1-3H3. The van der Waals surface area contributed by atoms with Gasteiger partial charge in [-0.15, -0.1) is 0 Å². The Labute approximate surface area is 168 Å². The summed E-state index contributed by atoms with van der Waals surface area (Å²) in [7, 11) is 0. The number of benzene rings is 2. The van der Waals surface area contributed by atoms with Gasteiger partial charge in [-0.2, -0.15) is 5.10 Å². The molecule has 28 heavy (non-hydrogen) atoms. The average molecular weight is 391 g/mol. The molecule has 5 nitrogen and oxygen atoms in total. The highest BCUT2D eigenvalue weighted by molar-refractivity contribution is 7.22. The van der Waals surface area contributed by atoms with Crippen LogP contribution in [0.3, 0.4) is 0 Å². The average Bonchev–Trinajstić information content (AvgIpc) is 3.22. The van der Waals surface area contributed by atoms with Crippen molar-refractivity contribution < 1.29 is 4.79 Å². The zero-order valence-corrected chi connectivity index (χ0v) is 17.0. The minimum absolute atomic E-state index is 0.0224. The van der Waals surface area contributed by atoms with Crippen molar-refractivity contribution in [1.82, 2.24) is 14.8 Å². The van der Waals surface area contributed by atoms with Crippen molar-refractivity contribution in [1.29, 1.82) is 0 Å². The van der Waals surface area contributed by atoms with Crippen LogP contribution in [-0.2, 0) is 17.9 Å². The molecule has 4 aromatic rings. The molecule has 0 atom stereocenters. The summed E-state index contributed by atoms with van der Waals surface area (Å²) in [6.07, 6.45) is 0. The van der Waals surface area contributed by atoms with E-state index in [1.165, 1.54) is 5.56 Å². The maximum Gasteiger partial charge on any atom is 0.250 e. The van der Waals surface area contributed by atoms with Crippen LogP contribution < -0.4 is 4.90 Å². The molecule has 0 fully saturated rings. The van der Waals surface area contributed by atoms with E-state index >= 15 is 0 Å². The Hall–Kier alpha value is -2.99. The first-order valence-corrected chi connectivity index (χ1v) is 10.0. The number of carbonyl (C=O) groups is 1. The molecule has 0 saturated carbocycles. The van der Waals surface area contributed by atoms with E-state index in [2.05, 4.69) is 18.1 Å². The highest BCUT2D eigenvalue weighted by Crippen LogP contribution is 2.30. The molecule has 1 amide bonds. The van der Waals surface area contributed by atoms with Crippen LogP contribution in [0.5, 0.6) is 0 Å². The lowest BCUT2D eigenvalue weighted by Gasteiger charge is -2.20. The van der Waals surface area contributed by atoms with Crippen LogP contribution in [0.4, 0.5) is 5.13 Å². The summed E-state index contributed by atoms with van der Waals surface area (Å²) in [6.45, 7) is 6.65. The van der Waals surface area contributed by atoms with Crippen LogP contribution in [0.15, 0.2) is 54.6 Å². The minimum Gasteiger partial charge on any atom is -0.282 e. The van der Waals surface area contributed by atoms with E-state index < -0.39 is 0 Å². The molecule has 6 heteroatoms. The number of fused-ring (bicyclic) bond motifs is 1. The van der Waals surface area contributed by atoms with Crippen LogP contribution >= 0.6 is 11.3 Å². The Morgan fingerprint density at radius 3 is 2.57 bits per heavy atom. The summed E-state index contributed by atoms with van der Waals surface area (Å²) in [5.41, 5.74) is 5.06. The second-order valence-electron chi connectivity index (χ2n) is 7.02. The molecular weight excluding hydrogens is 368 g/mol. The van der Waals surface area contributed by atoms with Crippen molar-refractivity contribution in [2.75, 3.05) is 4.90 Å². The summed E-state index contributed by atoms with van der Waals surface area (Å²) in [5, 5.41) is 5.16. The molecule has 0 aliphatic carbocycles. The number of hydrogen-bond donors (Lipinski definition) is 0. The van der Waals surface area contributed by atoms with Gasteiger partial charge in [0.1, 0.15) is 6.54 Å². The number of carbonyl (C=O) groups excluding carboxylic acids is 1. The van der Waals surface area contributed by atoms with Crippen molar-refractivity contribution in [3.63, 3.8) is 0 Å². The number of nitrogens with zero attached hydrogens (tertiary/aromatic N) is 4. The molecule has 0 saturated heterocycles. The minimum atomic E-state index is -0.0224. The van der Waals surface area contributed by atoms with Crippen LogP contribution in [0.25, 0.3) is 10.2 Å². The van der Waals surface area contributed by atoms with Gasteiger partial charge in [0.2, 0.25) is 0 Å². The quantitative estimate of drug-likeness (QED) is 0.498. The third kappa shape index (κ3) is 3.82. The fourth-order valence-corrected chi connectivity index (χ4v) is 4.29. The summed E-state index contributed by atoms with van der Waals surface area (Å²) in [6, 6.07) is 18.2. The van der Waals surface area contributed by atoms with Gasteiger partial charge in [-0.3, -0.25) is 14.4 Å². The smallest absolute Gasteiger partial charge is 0.250 e. The number of thiazole rings is 1. The van der Waals surface area contributed by atoms with Gasteiger partial charge in [0.25, 0.3) is 5.91 Å². The van der Waals surface area contributed by atoms with Gasteiger partial charge in [0, 0.05) is 5.69 Å². The third-order valence-electron chi connectivity index (χ3n) is 4.64. The van der Waals surface area contributed by atoms with Gasteiger partial charge in [0.15, 0.2) is 5.13 Å². The van der Waals surface area contributed by atoms with E-state index in [1.54, 1.807) is 20.9 Å². The molecule has 0 radical (unpaired) electrons. The SMILES string of the molecule is Cc1ccc2nc(N(Cc3ccccc3)C(=O)Cn3nc(C)cc3C)sc2c1. The van der Waals surface area contributed by atoms with E-state index in [4.69, 9.17) is 4.98 Å². The summed E-state index contributed by atoms with van der Waals surface area (Å²) >= 11 is 1.55. The highest BCUT2D eigenvalue weighted by Gasteiger charge is 2.21. The molecule has 4 rings (SSSR count). The normalized spacial score (nSPS) is 11.1. The van der Waals surface area contributed by atoms with Gasteiger partial charge in [-0.05, 0) is 50.1 Å². The second-order valence-corrected chi connectivity index (χ2v) is 8.03. The molecule has 0 aliphatic heterocycles. The van der Waals surface area contributed by atoms with Crippen molar-refractivity contribution >= 4 is 32.6 Å². The summed E-state index contributed by atoms with van der Waals surface area (Å²) in [4.78, 5) is 19.8. The highest BCUT2D eigenvalue weighted by atomic mass is 32.1. The Balaban J connectivity index is 1.69. The second kappa shape index (κ2) is 7.56. The van der Waals surface area contributed by atoms with Crippen molar-refractivity contribution in [2.24, 2.45) is 0 Å². The predicted molar refractivity (Wildman–Crippen MR) is 114 cm³/mol.